The number of ether oxygens (including phenoxy) is 1. The maximum absolute atomic E-state index is 12.7. The molecule has 2 aliphatic heterocycles. The lowest BCUT2D eigenvalue weighted by atomic mass is 9.82. The highest BCUT2D eigenvalue weighted by molar-refractivity contribution is 6.07. The van der Waals surface area contributed by atoms with Crippen LogP contribution in [0.3, 0.4) is 0 Å². The first-order valence-electron chi connectivity index (χ1n) is 10.3. The second-order valence-electron chi connectivity index (χ2n) is 7.83. The highest BCUT2D eigenvalue weighted by Crippen LogP contribution is 2.33. The molecule has 0 bridgehead atoms. The third-order valence-electron chi connectivity index (χ3n) is 5.88. The fraction of sp³-hybridized carbons (Fsp3) is 0.600. The molecule has 0 atom stereocenters. The maximum atomic E-state index is 12.7. The van der Waals surface area contributed by atoms with E-state index in [0.29, 0.717) is 31.7 Å². The van der Waals surface area contributed by atoms with Crippen molar-refractivity contribution in [3.63, 3.8) is 0 Å². The van der Waals surface area contributed by atoms with Crippen molar-refractivity contribution < 1.29 is 19.1 Å². The zero-order chi connectivity index (χ0) is 20.3. The van der Waals surface area contributed by atoms with Crippen LogP contribution < -0.4 is 15.5 Å². The Morgan fingerprint density at radius 3 is 2.62 bits per heavy atom. The lowest BCUT2D eigenvalue weighted by Gasteiger charge is -2.30. The molecular weight excluding hydrogens is 374 g/mol. The third-order valence-corrected chi connectivity index (χ3v) is 5.88. The van der Waals surface area contributed by atoms with Crippen LogP contribution in [0.2, 0.25) is 0 Å². The summed E-state index contributed by atoms with van der Waals surface area (Å²) < 4.78 is 5.34. The number of amides is 4. The summed E-state index contributed by atoms with van der Waals surface area (Å²) >= 11 is 0. The lowest BCUT2D eigenvalue weighted by Crippen LogP contribution is -2.48. The van der Waals surface area contributed by atoms with E-state index in [1.807, 2.05) is 6.07 Å². The van der Waals surface area contributed by atoms with Gasteiger partial charge in [-0.05, 0) is 25.0 Å². The summed E-state index contributed by atoms with van der Waals surface area (Å²) in [6, 6.07) is 3.28. The number of anilines is 2. The molecule has 4 rings (SSSR count). The number of pyridine rings is 1. The summed E-state index contributed by atoms with van der Waals surface area (Å²) in [5.41, 5.74) is -0.154. The number of hydrogen-bond acceptors (Lipinski definition) is 6. The smallest absolute Gasteiger partial charge is 0.325 e. The molecule has 1 spiro atoms. The Bertz CT molecular complexity index is 770. The summed E-state index contributed by atoms with van der Waals surface area (Å²) in [4.78, 5) is 45.0. The molecule has 4 amide bonds. The minimum absolute atomic E-state index is 0.0560. The van der Waals surface area contributed by atoms with E-state index in [4.69, 9.17) is 4.74 Å². The molecule has 9 nitrogen and oxygen atoms in total. The van der Waals surface area contributed by atoms with Crippen molar-refractivity contribution in [3.05, 3.63) is 18.3 Å². The van der Waals surface area contributed by atoms with Crippen LogP contribution in [0.1, 0.15) is 38.5 Å². The van der Waals surface area contributed by atoms with Crippen molar-refractivity contribution in [3.8, 4) is 0 Å². The summed E-state index contributed by atoms with van der Waals surface area (Å²) in [6.07, 6.45) is 6.00. The van der Waals surface area contributed by atoms with E-state index in [1.54, 1.807) is 12.3 Å². The Balaban J connectivity index is 1.28. The normalized spacial score (nSPS) is 21.4. The van der Waals surface area contributed by atoms with E-state index >= 15 is 0 Å². The molecule has 1 aromatic rings. The molecule has 9 heteroatoms. The fourth-order valence-corrected chi connectivity index (χ4v) is 4.25. The van der Waals surface area contributed by atoms with Crippen LogP contribution in [-0.4, -0.2) is 66.1 Å². The number of carbonyl (C=O) groups is 3. The first-order valence-corrected chi connectivity index (χ1v) is 10.3. The van der Waals surface area contributed by atoms with Crippen molar-refractivity contribution >= 4 is 29.4 Å². The fourth-order valence-electron chi connectivity index (χ4n) is 4.25. The monoisotopic (exact) mass is 401 g/mol. The van der Waals surface area contributed by atoms with E-state index in [1.165, 1.54) is 4.90 Å². The molecule has 29 heavy (non-hydrogen) atoms. The SMILES string of the molecule is O=C(CCN1C(=O)NC2(CCCCC2)C1=O)Nc1ccc(N2CCOCC2)nc1. The zero-order valence-electron chi connectivity index (χ0n) is 16.5. The van der Waals surface area contributed by atoms with Crippen molar-refractivity contribution in [2.24, 2.45) is 0 Å². The number of urea groups is 1. The van der Waals surface area contributed by atoms with Gasteiger partial charge in [0.05, 0.1) is 25.1 Å². The van der Waals surface area contributed by atoms with Crippen LogP contribution >= 0.6 is 0 Å². The quantitative estimate of drug-likeness (QED) is 0.725. The molecular formula is C20H27N5O4. The number of hydrogen-bond donors (Lipinski definition) is 2. The topological polar surface area (TPSA) is 104 Å². The molecule has 1 aliphatic carbocycles. The first-order chi connectivity index (χ1) is 14.1. The number of imide groups is 1. The molecule has 0 radical (unpaired) electrons. The van der Waals surface area contributed by atoms with Crippen molar-refractivity contribution in [2.75, 3.05) is 43.1 Å². The second-order valence-corrected chi connectivity index (χ2v) is 7.83. The molecule has 0 unspecified atom stereocenters. The number of aromatic nitrogens is 1. The van der Waals surface area contributed by atoms with Gasteiger partial charge in [-0.3, -0.25) is 14.5 Å². The minimum Gasteiger partial charge on any atom is -0.378 e. The first kappa shape index (κ1) is 19.6. The van der Waals surface area contributed by atoms with Gasteiger partial charge in [0.2, 0.25) is 5.91 Å². The van der Waals surface area contributed by atoms with Crippen LogP contribution in [0.4, 0.5) is 16.3 Å². The summed E-state index contributed by atoms with van der Waals surface area (Å²) in [5.74, 6) is 0.408. The third kappa shape index (κ3) is 4.19. The predicted molar refractivity (Wildman–Crippen MR) is 107 cm³/mol. The van der Waals surface area contributed by atoms with Gasteiger partial charge >= 0.3 is 6.03 Å². The Kier molecular flexibility index (Phi) is 5.66. The van der Waals surface area contributed by atoms with Crippen LogP contribution in [0.25, 0.3) is 0 Å². The largest absolute Gasteiger partial charge is 0.378 e. The van der Waals surface area contributed by atoms with Crippen molar-refractivity contribution in [2.45, 2.75) is 44.1 Å². The van der Waals surface area contributed by atoms with Crippen molar-refractivity contribution in [1.82, 2.24) is 15.2 Å². The molecule has 2 saturated heterocycles. The van der Waals surface area contributed by atoms with Gasteiger partial charge in [0.1, 0.15) is 11.4 Å². The minimum atomic E-state index is -0.745. The van der Waals surface area contributed by atoms with Gasteiger partial charge in [-0.2, -0.15) is 0 Å². The van der Waals surface area contributed by atoms with Gasteiger partial charge in [-0.25, -0.2) is 9.78 Å². The molecule has 0 aromatic carbocycles. The predicted octanol–water partition coefficient (Wildman–Crippen LogP) is 1.50. The van der Waals surface area contributed by atoms with E-state index in [2.05, 4.69) is 20.5 Å². The van der Waals surface area contributed by atoms with Gasteiger partial charge in [0.25, 0.3) is 5.91 Å². The van der Waals surface area contributed by atoms with Gasteiger partial charge in [-0.15, -0.1) is 0 Å². The number of rotatable bonds is 5. The summed E-state index contributed by atoms with van der Waals surface area (Å²) in [5, 5.41) is 5.64. The maximum Gasteiger partial charge on any atom is 0.325 e. The van der Waals surface area contributed by atoms with Gasteiger partial charge in [-0.1, -0.05) is 19.3 Å². The molecule has 3 aliphatic rings. The average molecular weight is 401 g/mol. The number of nitrogens with zero attached hydrogens (tertiary/aromatic N) is 3. The highest BCUT2D eigenvalue weighted by atomic mass is 16.5. The number of carbonyl (C=O) groups excluding carboxylic acids is 3. The van der Waals surface area contributed by atoms with E-state index in [9.17, 15) is 14.4 Å². The molecule has 1 aromatic heterocycles. The summed E-state index contributed by atoms with van der Waals surface area (Å²) in [7, 11) is 0. The van der Waals surface area contributed by atoms with E-state index in [-0.39, 0.29) is 30.8 Å². The molecule has 156 valence electrons. The van der Waals surface area contributed by atoms with E-state index < -0.39 is 5.54 Å². The zero-order valence-corrected chi connectivity index (χ0v) is 16.5. The van der Waals surface area contributed by atoms with Crippen molar-refractivity contribution in [1.29, 1.82) is 0 Å². The molecule has 2 N–H and O–H groups in total. The standard InChI is InChI=1S/C20H27N5O4/c26-17(22-15-4-5-16(21-14-15)24-10-12-29-13-11-24)6-9-25-18(27)20(23-19(25)28)7-2-1-3-8-20/h4-5,14H,1-3,6-13H2,(H,22,26)(H,23,28). The molecule has 3 fully saturated rings. The van der Waals surface area contributed by atoms with Crippen LogP contribution in [0.5, 0.6) is 0 Å². The highest BCUT2D eigenvalue weighted by Gasteiger charge is 2.51. The Morgan fingerprint density at radius 2 is 1.93 bits per heavy atom. The number of nitrogens with one attached hydrogen (secondary N) is 2. The Hall–Kier alpha value is -2.68. The van der Waals surface area contributed by atoms with Gasteiger partial charge in [0.15, 0.2) is 0 Å². The van der Waals surface area contributed by atoms with Crippen LogP contribution in [0.15, 0.2) is 18.3 Å². The lowest BCUT2D eigenvalue weighted by molar-refractivity contribution is -0.132. The van der Waals surface area contributed by atoms with Crippen LogP contribution in [0, 0.1) is 0 Å². The molecule has 3 heterocycles. The van der Waals surface area contributed by atoms with E-state index in [0.717, 1.165) is 38.2 Å². The summed E-state index contributed by atoms with van der Waals surface area (Å²) in [6.45, 7) is 3.05. The second kappa shape index (κ2) is 8.36. The average Bonchev–Trinajstić information content (AvgIpc) is 2.97. The van der Waals surface area contributed by atoms with Gasteiger partial charge in [0, 0.05) is 26.1 Å². The van der Waals surface area contributed by atoms with Crippen LogP contribution in [-0.2, 0) is 14.3 Å². The Labute approximate surface area is 169 Å². The number of morpholine rings is 1. The van der Waals surface area contributed by atoms with Gasteiger partial charge < -0.3 is 20.3 Å². The Morgan fingerprint density at radius 1 is 1.17 bits per heavy atom. The molecule has 1 saturated carbocycles.